The zero-order chi connectivity index (χ0) is 25.4. The van der Waals surface area contributed by atoms with E-state index in [0.717, 1.165) is 0 Å². The van der Waals surface area contributed by atoms with Crippen LogP contribution >= 0.6 is 0 Å². The van der Waals surface area contributed by atoms with Crippen LogP contribution in [0.3, 0.4) is 0 Å². The van der Waals surface area contributed by atoms with Gasteiger partial charge < -0.3 is 40.2 Å². The number of hydrogen-bond donors (Lipinski definition) is 4. The minimum absolute atomic E-state index is 0. The summed E-state index contributed by atoms with van der Waals surface area (Å²) in [5.74, 6) is -3.11. The average molecular weight is 531 g/mol. The molecule has 2 heterocycles. The number of carbonyl (C=O) groups is 2. The van der Waals surface area contributed by atoms with Crippen molar-refractivity contribution in [2.45, 2.75) is 40.2 Å². The van der Waals surface area contributed by atoms with Crippen molar-refractivity contribution in [1.29, 1.82) is 0 Å². The van der Waals surface area contributed by atoms with Gasteiger partial charge >= 0.3 is 17.1 Å². The fourth-order valence-corrected chi connectivity index (χ4v) is 3.52. The Morgan fingerprint density at radius 2 is 1.14 bits per heavy atom. The Kier molecular flexibility index (Phi) is 12.0. The Balaban J connectivity index is 0.00000612. The van der Waals surface area contributed by atoms with Crippen LogP contribution in [0.15, 0.2) is 12.4 Å². The number of carbonyl (C=O) groups excluding carboxylic acids is 2. The molecule has 0 fully saturated rings. The summed E-state index contributed by atoms with van der Waals surface area (Å²) in [6.07, 6.45) is 2.77. The minimum Gasteiger partial charge on any atom is -0.549 e. The molecule has 2 rings (SSSR count). The Morgan fingerprint density at radius 3 is 1.43 bits per heavy atom. The number of carboxylic acid groups (broad SMARTS) is 2. The number of hydrogen-bond acceptors (Lipinski definition) is 12. The maximum absolute atomic E-state index is 11.3. The van der Waals surface area contributed by atoms with Gasteiger partial charge in [0.05, 0.1) is 36.5 Å². The van der Waals surface area contributed by atoms with Crippen LogP contribution in [0.4, 0.5) is 0 Å². The van der Waals surface area contributed by atoms with Crippen LogP contribution in [-0.4, -0.2) is 78.3 Å². The average Bonchev–Trinajstić information content (AvgIpc) is 2.77. The van der Waals surface area contributed by atoms with E-state index in [9.17, 15) is 40.2 Å². The molecule has 0 saturated heterocycles. The number of aliphatic carboxylic acids is 2. The molecular formula is C22H28MnN4O8. The van der Waals surface area contributed by atoms with Gasteiger partial charge in [-0.1, -0.05) is 0 Å². The van der Waals surface area contributed by atoms with Crippen LogP contribution in [0.5, 0.6) is 11.5 Å². The standard InChI is InChI=1S/C22H30N4O8.Mn/c1-13-21(33)17(15(11-27)5-23-13)7-25(9-19(29)30)3-4-26(10-20(31)32)8-18-16(12-28)6-24-14(2)22(18)34;/h5-6,27-28,33-34H,3-4,7-12H2,1-2H3,(H,29,30)(H,31,32);/q;+2/p-2. The molecule has 0 aliphatic carbocycles. The van der Waals surface area contributed by atoms with Gasteiger partial charge in [-0.15, -0.1) is 0 Å². The van der Waals surface area contributed by atoms with Crippen molar-refractivity contribution in [1.82, 2.24) is 19.8 Å². The number of pyridine rings is 2. The van der Waals surface area contributed by atoms with Crippen LogP contribution in [0.25, 0.3) is 0 Å². The van der Waals surface area contributed by atoms with Gasteiger partial charge in [0, 0.05) is 73.9 Å². The maximum atomic E-state index is 11.3. The van der Waals surface area contributed by atoms with Gasteiger partial charge in [0.25, 0.3) is 0 Å². The zero-order valence-corrected chi connectivity index (χ0v) is 20.6. The summed E-state index contributed by atoms with van der Waals surface area (Å²) in [5.41, 5.74) is 1.85. The molecule has 0 unspecified atom stereocenters. The van der Waals surface area contributed by atoms with Gasteiger partial charge in [0.2, 0.25) is 0 Å². The molecule has 0 bridgehead atoms. The van der Waals surface area contributed by atoms with Crippen molar-refractivity contribution < 1.29 is 57.3 Å². The maximum Gasteiger partial charge on any atom is 2.00 e. The first-order chi connectivity index (χ1) is 16.1. The molecule has 191 valence electrons. The number of rotatable bonds is 13. The van der Waals surface area contributed by atoms with Gasteiger partial charge in [-0.2, -0.15) is 0 Å². The molecule has 0 amide bonds. The zero-order valence-electron chi connectivity index (χ0n) is 19.4. The van der Waals surface area contributed by atoms with Crippen LogP contribution in [0, 0.1) is 13.8 Å². The fourth-order valence-electron chi connectivity index (χ4n) is 3.52. The molecule has 0 aromatic carbocycles. The number of aromatic hydroxyl groups is 2. The summed E-state index contributed by atoms with van der Waals surface area (Å²) in [7, 11) is 0. The quantitative estimate of drug-likeness (QED) is 0.196. The second-order valence-electron chi connectivity index (χ2n) is 7.87. The number of aromatic nitrogens is 2. The number of carboxylic acids is 2. The van der Waals surface area contributed by atoms with E-state index in [4.69, 9.17) is 0 Å². The van der Waals surface area contributed by atoms with Crippen LogP contribution in [0.1, 0.15) is 33.6 Å². The van der Waals surface area contributed by atoms with E-state index < -0.39 is 38.2 Å². The summed E-state index contributed by atoms with van der Waals surface area (Å²) >= 11 is 0. The van der Waals surface area contributed by atoms with Crippen molar-refractivity contribution in [3.8, 4) is 11.5 Å². The van der Waals surface area contributed by atoms with Gasteiger partial charge in [-0.3, -0.25) is 19.8 Å². The summed E-state index contributed by atoms with van der Waals surface area (Å²) in [6.45, 7) is 1.17. The van der Waals surface area contributed by atoms with Crippen molar-refractivity contribution in [3.63, 3.8) is 0 Å². The van der Waals surface area contributed by atoms with Crippen LogP contribution in [-0.2, 0) is 53.0 Å². The van der Waals surface area contributed by atoms with E-state index in [1.807, 2.05) is 0 Å². The molecule has 4 N–H and O–H groups in total. The summed E-state index contributed by atoms with van der Waals surface area (Å²) in [6, 6.07) is 0. The Labute approximate surface area is 213 Å². The van der Waals surface area contributed by atoms with E-state index >= 15 is 0 Å². The smallest absolute Gasteiger partial charge is 0.549 e. The normalized spacial score (nSPS) is 11.0. The largest absolute Gasteiger partial charge is 2.00 e. The Bertz CT molecular complexity index is 956. The number of aliphatic hydroxyl groups is 2. The molecule has 12 nitrogen and oxygen atoms in total. The van der Waals surface area contributed by atoms with Crippen molar-refractivity contribution >= 4 is 11.9 Å². The number of aliphatic hydroxyl groups excluding tert-OH is 2. The number of aryl methyl sites for hydroxylation is 2. The van der Waals surface area contributed by atoms with E-state index in [0.29, 0.717) is 33.6 Å². The van der Waals surface area contributed by atoms with Crippen molar-refractivity contribution in [3.05, 3.63) is 46.0 Å². The molecule has 0 aliphatic rings. The SMILES string of the molecule is Cc1ncc(CO)c(CN(CCN(CC(=O)[O-])Cc2c(CO)cnc(C)c2O)CC(=O)[O-])c1O.[Mn+2]. The molecule has 0 saturated carbocycles. The summed E-state index contributed by atoms with van der Waals surface area (Å²) in [5, 5.41) is 62.6. The first kappa shape index (κ1) is 30.2. The van der Waals surface area contributed by atoms with Crippen molar-refractivity contribution in [2.75, 3.05) is 26.2 Å². The minimum atomic E-state index is -1.38. The predicted molar refractivity (Wildman–Crippen MR) is 114 cm³/mol. The molecule has 35 heavy (non-hydrogen) atoms. The third kappa shape index (κ3) is 8.42. The van der Waals surface area contributed by atoms with Crippen molar-refractivity contribution in [2.24, 2.45) is 0 Å². The third-order valence-electron chi connectivity index (χ3n) is 5.40. The summed E-state index contributed by atoms with van der Waals surface area (Å²) in [4.78, 5) is 33.4. The fraction of sp³-hybridized carbons (Fsp3) is 0.455. The predicted octanol–water partition coefficient (Wildman–Crippen LogP) is -2.71. The topological polar surface area (TPSA) is 193 Å². The molecule has 1 radical (unpaired) electrons. The monoisotopic (exact) mass is 531 g/mol. The first-order valence-electron chi connectivity index (χ1n) is 10.5. The number of nitrogens with zero attached hydrogens (tertiary/aromatic N) is 4. The van der Waals surface area contributed by atoms with Gasteiger partial charge in [-0.05, 0) is 13.8 Å². The van der Waals surface area contributed by atoms with Gasteiger partial charge in [-0.25, -0.2) is 0 Å². The molecule has 2 aromatic rings. The van der Waals surface area contributed by atoms with E-state index in [-0.39, 0.29) is 54.7 Å². The molecule has 13 heteroatoms. The van der Waals surface area contributed by atoms with E-state index in [1.54, 1.807) is 13.8 Å². The van der Waals surface area contributed by atoms with Crippen LogP contribution < -0.4 is 10.2 Å². The second-order valence-corrected chi connectivity index (χ2v) is 7.87. The Hall–Kier alpha value is -2.80. The second kappa shape index (κ2) is 13.9. The Morgan fingerprint density at radius 1 is 0.800 bits per heavy atom. The molecule has 0 aliphatic heterocycles. The van der Waals surface area contributed by atoms with Crippen LogP contribution in [0.2, 0.25) is 0 Å². The van der Waals surface area contributed by atoms with Gasteiger partial charge in [0.15, 0.2) is 0 Å². The molecule has 0 spiro atoms. The summed E-state index contributed by atoms with van der Waals surface area (Å²) < 4.78 is 0. The van der Waals surface area contributed by atoms with E-state index in [1.165, 1.54) is 22.2 Å². The van der Waals surface area contributed by atoms with E-state index in [2.05, 4.69) is 9.97 Å². The molecular weight excluding hydrogens is 503 g/mol. The third-order valence-corrected chi connectivity index (χ3v) is 5.40. The molecule has 2 aromatic heterocycles. The molecule has 0 atom stereocenters. The van der Waals surface area contributed by atoms with Gasteiger partial charge in [0.1, 0.15) is 11.5 Å². The first-order valence-corrected chi connectivity index (χ1v) is 10.5.